The fraction of sp³-hybridized carbons (Fsp3) is 0.412. The lowest BCUT2D eigenvalue weighted by atomic mass is 10.0. The number of aromatic amines is 1. The molecule has 0 aliphatic heterocycles. The van der Waals surface area contributed by atoms with Gasteiger partial charge in [-0.2, -0.15) is 5.26 Å². The van der Waals surface area contributed by atoms with Crippen LogP contribution in [0.25, 0.3) is 10.9 Å². The number of nitrogens with one attached hydrogen (secondary N) is 1. The van der Waals surface area contributed by atoms with Gasteiger partial charge in [0.2, 0.25) is 0 Å². The van der Waals surface area contributed by atoms with Crippen LogP contribution in [-0.4, -0.2) is 27.8 Å². The predicted molar refractivity (Wildman–Crippen MR) is 83.6 cm³/mol. The van der Waals surface area contributed by atoms with Gasteiger partial charge in [-0.1, -0.05) is 6.07 Å². The van der Waals surface area contributed by atoms with Gasteiger partial charge in [-0.3, -0.25) is 0 Å². The van der Waals surface area contributed by atoms with E-state index in [1.165, 1.54) is 0 Å². The summed E-state index contributed by atoms with van der Waals surface area (Å²) in [6.07, 6.45) is 0.0283. The Morgan fingerprint density at radius 3 is 2.68 bits per heavy atom. The van der Waals surface area contributed by atoms with E-state index in [9.17, 15) is 15.2 Å². The summed E-state index contributed by atoms with van der Waals surface area (Å²) >= 11 is 0. The number of rotatable bonds is 3. The van der Waals surface area contributed by atoms with Crippen LogP contribution >= 0.6 is 0 Å². The molecule has 1 unspecified atom stereocenters. The van der Waals surface area contributed by atoms with Crippen molar-refractivity contribution in [2.45, 2.75) is 45.8 Å². The third kappa shape index (κ3) is 3.46. The highest BCUT2D eigenvalue weighted by atomic mass is 16.6. The van der Waals surface area contributed by atoms with Crippen molar-refractivity contribution in [3.8, 4) is 6.07 Å². The molecular weight excluding hydrogens is 280 g/mol. The second kappa shape index (κ2) is 5.82. The monoisotopic (exact) mass is 300 g/mol. The maximum atomic E-state index is 12.2. The number of hydrogen-bond donors (Lipinski definition) is 2. The second-order valence-electron chi connectivity index (χ2n) is 6.42. The van der Waals surface area contributed by atoms with Gasteiger partial charge in [-0.25, -0.2) is 4.79 Å². The Bertz CT molecular complexity index is 746. The van der Waals surface area contributed by atoms with Crippen LogP contribution in [-0.2, 0) is 11.2 Å². The molecule has 1 aromatic heterocycles. The first-order valence-corrected chi connectivity index (χ1v) is 7.17. The van der Waals surface area contributed by atoms with Gasteiger partial charge in [0, 0.05) is 10.9 Å². The molecule has 0 fully saturated rings. The minimum atomic E-state index is -0.626. The minimum Gasteiger partial charge on any atom is -0.455 e. The first kappa shape index (κ1) is 16.1. The highest BCUT2D eigenvalue weighted by molar-refractivity contribution is 6.00. The van der Waals surface area contributed by atoms with Crippen LogP contribution in [0, 0.1) is 11.3 Å². The number of carbonyl (C=O) groups is 1. The molecule has 116 valence electrons. The molecule has 0 bridgehead atoms. The number of fused-ring (bicyclic) bond motifs is 1. The van der Waals surface area contributed by atoms with Crippen molar-refractivity contribution >= 4 is 16.9 Å². The number of aliphatic hydroxyl groups excluding tert-OH is 1. The molecule has 22 heavy (non-hydrogen) atoms. The predicted octanol–water partition coefficient (Wildman–Crippen LogP) is 2.92. The van der Waals surface area contributed by atoms with E-state index in [1.54, 1.807) is 27.7 Å². The Kier molecular flexibility index (Phi) is 4.25. The van der Waals surface area contributed by atoms with Crippen LogP contribution in [0.5, 0.6) is 0 Å². The normalized spacial score (nSPS) is 12.9. The van der Waals surface area contributed by atoms with Crippen molar-refractivity contribution < 1.29 is 14.6 Å². The van der Waals surface area contributed by atoms with E-state index >= 15 is 0 Å². The van der Waals surface area contributed by atoms with Crippen LogP contribution in [0.1, 0.15) is 49.3 Å². The van der Waals surface area contributed by atoms with Gasteiger partial charge in [0.15, 0.2) is 0 Å². The molecule has 2 N–H and O–H groups in total. The van der Waals surface area contributed by atoms with Crippen molar-refractivity contribution in [1.82, 2.24) is 4.98 Å². The molecule has 2 aromatic rings. The SMILES string of the molecule is CC(O)Cc1ccc2[nH]c(C(=O)OC(C)(C)C)c(C#N)c2c1. The first-order valence-electron chi connectivity index (χ1n) is 7.17. The molecule has 5 nitrogen and oxygen atoms in total. The molecular formula is C17H20N2O3. The Balaban J connectivity index is 2.49. The van der Waals surface area contributed by atoms with Crippen LogP contribution in [0.3, 0.4) is 0 Å². The van der Waals surface area contributed by atoms with Gasteiger partial charge < -0.3 is 14.8 Å². The molecule has 0 spiro atoms. The van der Waals surface area contributed by atoms with E-state index in [-0.39, 0.29) is 11.3 Å². The zero-order valence-corrected chi connectivity index (χ0v) is 13.2. The van der Waals surface area contributed by atoms with Crippen molar-refractivity contribution in [2.24, 2.45) is 0 Å². The molecule has 1 aromatic carbocycles. The van der Waals surface area contributed by atoms with E-state index in [0.29, 0.717) is 17.3 Å². The number of aliphatic hydroxyl groups is 1. The Morgan fingerprint density at radius 2 is 2.14 bits per heavy atom. The molecule has 0 amide bonds. The third-order valence-corrected chi connectivity index (χ3v) is 3.11. The maximum absolute atomic E-state index is 12.2. The molecule has 1 heterocycles. The highest BCUT2D eigenvalue weighted by Crippen LogP contribution is 2.25. The van der Waals surface area contributed by atoms with Gasteiger partial charge in [-0.15, -0.1) is 0 Å². The number of benzene rings is 1. The van der Waals surface area contributed by atoms with Crippen LogP contribution in [0.15, 0.2) is 18.2 Å². The number of hydrogen-bond acceptors (Lipinski definition) is 4. The van der Waals surface area contributed by atoms with Crippen LogP contribution < -0.4 is 0 Å². The number of nitriles is 1. The third-order valence-electron chi connectivity index (χ3n) is 3.11. The van der Waals surface area contributed by atoms with E-state index in [1.807, 2.05) is 18.2 Å². The summed E-state index contributed by atoms with van der Waals surface area (Å²) in [6, 6.07) is 7.57. The maximum Gasteiger partial charge on any atom is 0.356 e. The fourth-order valence-corrected chi connectivity index (χ4v) is 2.31. The van der Waals surface area contributed by atoms with E-state index < -0.39 is 17.7 Å². The molecule has 0 saturated heterocycles. The quantitative estimate of drug-likeness (QED) is 0.853. The highest BCUT2D eigenvalue weighted by Gasteiger charge is 2.24. The van der Waals surface area contributed by atoms with Crippen molar-refractivity contribution in [1.29, 1.82) is 5.26 Å². The van der Waals surface area contributed by atoms with E-state index in [0.717, 1.165) is 5.56 Å². The first-order chi connectivity index (χ1) is 10.2. The number of nitrogens with zero attached hydrogens (tertiary/aromatic N) is 1. The van der Waals surface area contributed by atoms with Gasteiger partial charge in [-0.05, 0) is 51.8 Å². The number of esters is 1. The van der Waals surface area contributed by atoms with Crippen molar-refractivity contribution in [3.63, 3.8) is 0 Å². The Morgan fingerprint density at radius 1 is 1.45 bits per heavy atom. The topological polar surface area (TPSA) is 86.1 Å². The standard InChI is InChI=1S/C17H20N2O3/c1-10(20)7-11-5-6-14-12(8-11)13(9-18)15(19-14)16(21)22-17(2,3)4/h5-6,8,10,19-20H,7H2,1-4H3. The molecule has 0 aliphatic carbocycles. The number of carbonyl (C=O) groups excluding carboxylic acids is 1. The minimum absolute atomic E-state index is 0.168. The van der Waals surface area contributed by atoms with Crippen LogP contribution in [0.4, 0.5) is 0 Å². The Hall–Kier alpha value is -2.32. The molecule has 0 aliphatic rings. The number of ether oxygens (including phenoxy) is 1. The molecule has 1 atom stereocenters. The van der Waals surface area contributed by atoms with Crippen molar-refractivity contribution in [3.05, 3.63) is 35.0 Å². The zero-order valence-electron chi connectivity index (χ0n) is 13.2. The summed E-state index contributed by atoms with van der Waals surface area (Å²) < 4.78 is 5.33. The van der Waals surface area contributed by atoms with Crippen molar-refractivity contribution in [2.75, 3.05) is 0 Å². The smallest absolute Gasteiger partial charge is 0.356 e. The van der Waals surface area contributed by atoms with E-state index in [4.69, 9.17) is 4.74 Å². The average molecular weight is 300 g/mol. The molecule has 0 saturated carbocycles. The molecule has 0 radical (unpaired) electrons. The van der Waals surface area contributed by atoms with Gasteiger partial charge in [0.05, 0.1) is 11.7 Å². The summed E-state index contributed by atoms with van der Waals surface area (Å²) in [5, 5.41) is 19.5. The summed E-state index contributed by atoms with van der Waals surface area (Å²) in [7, 11) is 0. The fourth-order valence-electron chi connectivity index (χ4n) is 2.31. The molecule has 2 rings (SSSR count). The summed E-state index contributed by atoms with van der Waals surface area (Å²) in [4.78, 5) is 15.2. The van der Waals surface area contributed by atoms with Gasteiger partial charge >= 0.3 is 5.97 Å². The number of H-pyrrole nitrogens is 1. The summed E-state index contributed by atoms with van der Waals surface area (Å²) in [5.74, 6) is -0.544. The second-order valence-corrected chi connectivity index (χ2v) is 6.42. The average Bonchev–Trinajstić information content (AvgIpc) is 2.73. The lowest BCUT2D eigenvalue weighted by molar-refractivity contribution is 0.00635. The summed E-state index contributed by atoms with van der Waals surface area (Å²) in [6.45, 7) is 7.04. The van der Waals surface area contributed by atoms with Gasteiger partial charge in [0.25, 0.3) is 0 Å². The lowest BCUT2D eigenvalue weighted by Gasteiger charge is -2.18. The van der Waals surface area contributed by atoms with Gasteiger partial charge in [0.1, 0.15) is 17.4 Å². The largest absolute Gasteiger partial charge is 0.455 e. The van der Waals surface area contributed by atoms with E-state index in [2.05, 4.69) is 11.1 Å². The molecule has 5 heteroatoms. The van der Waals surface area contributed by atoms with Crippen LogP contribution in [0.2, 0.25) is 0 Å². The Labute approximate surface area is 129 Å². The lowest BCUT2D eigenvalue weighted by Crippen LogP contribution is -2.24. The summed E-state index contributed by atoms with van der Waals surface area (Å²) in [5.41, 5.74) is 1.43. The number of aromatic nitrogens is 1. The zero-order chi connectivity index (χ0) is 16.5.